The zero-order chi connectivity index (χ0) is 19.2. The molecule has 26 heavy (non-hydrogen) atoms. The second-order valence-electron chi connectivity index (χ2n) is 8.28. The number of hydrogen-bond acceptors (Lipinski definition) is 5. The molecule has 1 aromatic rings. The average Bonchev–Trinajstić information content (AvgIpc) is 3.01. The maximum absolute atomic E-state index is 6.62. The molecule has 1 unspecified atom stereocenters. The third kappa shape index (κ3) is 3.19. The minimum atomic E-state index is -1.08. The summed E-state index contributed by atoms with van der Waals surface area (Å²) >= 11 is 0. The molecule has 0 amide bonds. The molecule has 0 aromatic heterocycles. The third-order valence-corrected chi connectivity index (χ3v) is 4.65. The van der Waals surface area contributed by atoms with Crippen LogP contribution in [-0.2, 0) is 10.3 Å². The zero-order valence-electron chi connectivity index (χ0n) is 16.4. The Morgan fingerprint density at radius 2 is 1.88 bits per heavy atom. The van der Waals surface area contributed by atoms with Crippen molar-refractivity contribution >= 4 is 29.7 Å². The van der Waals surface area contributed by atoms with Gasteiger partial charge in [0.2, 0.25) is 0 Å². The van der Waals surface area contributed by atoms with Gasteiger partial charge in [0.25, 0.3) is 5.85 Å². The van der Waals surface area contributed by atoms with Gasteiger partial charge in [0.05, 0.1) is 11.8 Å². The van der Waals surface area contributed by atoms with Crippen LogP contribution in [0.1, 0.15) is 52.7 Å². The van der Waals surface area contributed by atoms with E-state index >= 15 is 0 Å². The highest BCUT2D eigenvalue weighted by atomic mass is 16.5. The van der Waals surface area contributed by atoms with Gasteiger partial charge in [-0.3, -0.25) is 0 Å². The minimum Gasteiger partial charge on any atom is -0.324 e. The molecule has 2 aliphatic heterocycles. The van der Waals surface area contributed by atoms with Crippen LogP contribution in [0, 0.1) is 5.41 Å². The van der Waals surface area contributed by atoms with E-state index in [1.54, 1.807) is 6.21 Å². The highest BCUT2D eigenvalue weighted by molar-refractivity contribution is 6.65. The molecule has 0 radical (unpaired) electrons. The Morgan fingerprint density at radius 3 is 2.54 bits per heavy atom. The molecule has 0 N–H and O–H groups in total. The summed E-state index contributed by atoms with van der Waals surface area (Å²) in [6, 6.07) is 8.24. The molecule has 0 aliphatic carbocycles. The molecule has 0 fully saturated rings. The lowest BCUT2D eigenvalue weighted by molar-refractivity contribution is -0.185. The van der Waals surface area contributed by atoms with Gasteiger partial charge in [0.15, 0.2) is 5.84 Å². The van der Waals surface area contributed by atoms with Gasteiger partial charge in [0, 0.05) is 5.41 Å². The smallest absolute Gasteiger partial charge is 0.264 e. The molecule has 5 nitrogen and oxygen atoms in total. The molecular formula is C21H26N4O. The quantitative estimate of drug-likeness (QED) is 0.780. The first-order valence-corrected chi connectivity index (χ1v) is 8.76. The summed E-state index contributed by atoms with van der Waals surface area (Å²) in [7, 11) is 0. The highest BCUT2D eigenvalue weighted by Gasteiger charge is 2.49. The molecule has 3 rings (SSSR count). The Hall–Kier alpha value is -2.40. The van der Waals surface area contributed by atoms with E-state index in [1.807, 2.05) is 26.8 Å². The monoisotopic (exact) mass is 350 g/mol. The van der Waals surface area contributed by atoms with Crippen molar-refractivity contribution in [2.24, 2.45) is 25.4 Å². The van der Waals surface area contributed by atoms with E-state index in [4.69, 9.17) is 9.73 Å². The maximum Gasteiger partial charge on any atom is 0.264 e. The maximum atomic E-state index is 6.62. The Balaban J connectivity index is 2.03. The van der Waals surface area contributed by atoms with Crippen LogP contribution >= 0.6 is 0 Å². The van der Waals surface area contributed by atoms with E-state index in [9.17, 15) is 0 Å². The summed E-state index contributed by atoms with van der Waals surface area (Å²) in [5.41, 5.74) is 2.85. The van der Waals surface area contributed by atoms with E-state index in [2.05, 4.69) is 60.5 Å². The number of benzene rings is 1. The van der Waals surface area contributed by atoms with Gasteiger partial charge >= 0.3 is 0 Å². The molecule has 0 spiro atoms. The van der Waals surface area contributed by atoms with Crippen molar-refractivity contribution in [3.05, 3.63) is 42.0 Å². The molecule has 0 bridgehead atoms. The van der Waals surface area contributed by atoms with E-state index < -0.39 is 11.4 Å². The zero-order valence-corrected chi connectivity index (χ0v) is 16.4. The lowest BCUT2D eigenvalue weighted by Gasteiger charge is -2.44. The van der Waals surface area contributed by atoms with Crippen LogP contribution in [0.5, 0.6) is 0 Å². The fourth-order valence-electron chi connectivity index (χ4n) is 2.91. The lowest BCUT2D eigenvalue weighted by atomic mass is 9.87. The minimum absolute atomic E-state index is 0.372. The summed E-state index contributed by atoms with van der Waals surface area (Å²) in [6.45, 7) is 16.3. The van der Waals surface area contributed by atoms with E-state index in [1.165, 1.54) is 6.34 Å². The number of fused-ring (bicyclic) bond motifs is 1. The molecule has 2 aliphatic rings. The summed E-state index contributed by atoms with van der Waals surface area (Å²) < 4.78 is 6.62. The van der Waals surface area contributed by atoms with Gasteiger partial charge < -0.3 is 4.74 Å². The number of allylic oxidation sites excluding steroid dienone is 1. The Morgan fingerprint density at radius 1 is 1.15 bits per heavy atom. The van der Waals surface area contributed by atoms with Crippen molar-refractivity contribution in [1.82, 2.24) is 0 Å². The molecule has 1 aromatic carbocycles. The van der Waals surface area contributed by atoms with Gasteiger partial charge in [0.1, 0.15) is 12.1 Å². The summed E-state index contributed by atoms with van der Waals surface area (Å²) in [5, 5.41) is 0. The van der Waals surface area contributed by atoms with Crippen LogP contribution in [0.25, 0.3) is 5.57 Å². The van der Waals surface area contributed by atoms with Crippen molar-refractivity contribution in [1.29, 1.82) is 0 Å². The molecule has 1 atom stereocenters. The highest BCUT2D eigenvalue weighted by Crippen LogP contribution is 2.43. The van der Waals surface area contributed by atoms with Crippen LogP contribution in [0.4, 0.5) is 0 Å². The Kier molecular flexibility index (Phi) is 4.31. The number of nitrogens with zero attached hydrogens (tertiary/aromatic N) is 4. The van der Waals surface area contributed by atoms with Gasteiger partial charge in [-0.05, 0) is 38.0 Å². The summed E-state index contributed by atoms with van der Waals surface area (Å²) in [6.07, 6.45) is 3.21. The fourth-order valence-corrected chi connectivity index (χ4v) is 2.91. The van der Waals surface area contributed by atoms with Crippen molar-refractivity contribution in [3.63, 3.8) is 0 Å². The predicted molar refractivity (Wildman–Crippen MR) is 109 cm³/mol. The fraction of sp³-hybridized carbons (Fsp3) is 0.429. The molecule has 136 valence electrons. The van der Waals surface area contributed by atoms with Crippen molar-refractivity contribution < 1.29 is 4.74 Å². The van der Waals surface area contributed by atoms with Crippen LogP contribution < -0.4 is 0 Å². The van der Waals surface area contributed by atoms with E-state index in [0.29, 0.717) is 11.5 Å². The number of hydrogen-bond donors (Lipinski definition) is 0. The van der Waals surface area contributed by atoms with Crippen molar-refractivity contribution in [3.8, 4) is 0 Å². The molecule has 2 heterocycles. The number of aliphatic imine (C=N–C) groups is 4. The first-order valence-electron chi connectivity index (χ1n) is 8.76. The van der Waals surface area contributed by atoms with E-state index in [-0.39, 0.29) is 5.41 Å². The van der Waals surface area contributed by atoms with Crippen molar-refractivity contribution in [2.75, 3.05) is 0 Å². The molecule has 0 saturated carbocycles. The molecule has 5 heteroatoms. The standard InChI is InChI=1S/C21H26N4O/c1-14(2)15-9-8-10-16(11-15)20(6,7)26-21(19(3,4)5)24-12-17-18(25-21)23-13-22-17/h8-13H,1H2,2-7H3. The lowest BCUT2D eigenvalue weighted by Crippen LogP contribution is -2.49. The molecular weight excluding hydrogens is 324 g/mol. The number of ether oxygens (including phenoxy) is 1. The van der Waals surface area contributed by atoms with Crippen molar-refractivity contribution in [2.45, 2.75) is 53.0 Å². The second-order valence-corrected chi connectivity index (χ2v) is 8.28. The summed E-state index contributed by atoms with van der Waals surface area (Å²) in [5.74, 6) is -0.507. The summed E-state index contributed by atoms with van der Waals surface area (Å²) in [4.78, 5) is 17.9. The SMILES string of the molecule is C=C(C)c1cccc(C(C)(C)OC2(C(C)(C)C)N=CC3=NC=NC3=N2)c1. The number of amidine groups is 1. The first kappa shape index (κ1) is 18.4. The predicted octanol–water partition coefficient (Wildman–Crippen LogP) is 4.64. The topological polar surface area (TPSA) is 58.7 Å². The largest absolute Gasteiger partial charge is 0.324 e. The Labute approximate surface area is 155 Å². The van der Waals surface area contributed by atoms with Crippen LogP contribution in [0.3, 0.4) is 0 Å². The van der Waals surface area contributed by atoms with Gasteiger partial charge in [-0.15, -0.1) is 0 Å². The van der Waals surface area contributed by atoms with Crippen LogP contribution in [-0.4, -0.2) is 29.9 Å². The third-order valence-electron chi connectivity index (χ3n) is 4.65. The van der Waals surface area contributed by atoms with Crippen LogP contribution in [0.15, 0.2) is 50.8 Å². The Bertz CT molecular complexity index is 868. The van der Waals surface area contributed by atoms with Gasteiger partial charge in [-0.2, -0.15) is 0 Å². The van der Waals surface area contributed by atoms with E-state index in [0.717, 1.165) is 16.7 Å². The number of rotatable bonds is 4. The van der Waals surface area contributed by atoms with Gasteiger partial charge in [-0.25, -0.2) is 20.0 Å². The molecule has 0 saturated heterocycles. The normalized spacial score (nSPS) is 22.1. The van der Waals surface area contributed by atoms with Gasteiger partial charge in [-0.1, -0.05) is 51.1 Å². The first-order chi connectivity index (χ1) is 12.0. The average molecular weight is 350 g/mol. The second kappa shape index (κ2) is 6.09. The van der Waals surface area contributed by atoms with Crippen LogP contribution in [0.2, 0.25) is 0 Å².